The molecule has 4 rings (SSSR count). The normalized spacial score (nSPS) is 14.6. The molecule has 0 bridgehead atoms. The molecule has 3 aromatic rings. The van der Waals surface area contributed by atoms with E-state index in [1.807, 2.05) is 24.3 Å². The van der Waals surface area contributed by atoms with Crippen LogP contribution in [-0.2, 0) is 4.79 Å². The van der Waals surface area contributed by atoms with Crippen LogP contribution >= 0.6 is 0 Å². The summed E-state index contributed by atoms with van der Waals surface area (Å²) in [5.74, 6) is 1.07. The second kappa shape index (κ2) is 8.66. The summed E-state index contributed by atoms with van der Waals surface area (Å²) in [6.45, 7) is 7.82. The van der Waals surface area contributed by atoms with Crippen molar-refractivity contribution in [3.8, 4) is 11.3 Å². The van der Waals surface area contributed by atoms with Crippen molar-refractivity contribution in [2.24, 2.45) is 5.92 Å². The Morgan fingerprint density at radius 3 is 2.30 bits per heavy atom. The van der Waals surface area contributed by atoms with Crippen LogP contribution in [0.15, 0.2) is 54.9 Å². The molecule has 30 heavy (non-hydrogen) atoms. The molecule has 0 unspecified atom stereocenters. The maximum Gasteiger partial charge on any atom is 0.227 e. The van der Waals surface area contributed by atoms with Gasteiger partial charge < -0.3 is 10.2 Å². The summed E-state index contributed by atoms with van der Waals surface area (Å²) in [6, 6.07) is 16.4. The van der Waals surface area contributed by atoms with Crippen molar-refractivity contribution in [1.82, 2.24) is 9.97 Å². The highest BCUT2D eigenvalue weighted by molar-refractivity contribution is 5.94. The van der Waals surface area contributed by atoms with E-state index in [0.29, 0.717) is 0 Å². The van der Waals surface area contributed by atoms with Crippen molar-refractivity contribution in [1.29, 1.82) is 0 Å². The molecule has 2 aromatic carbocycles. The molecule has 0 saturated carbocycles. The molecule has 1 saturated heterocycles. The predicted molar refractivity (Wildman–Crippen MR) is 122 cm³/mol. The summed E-state index contributed by atoms with van der Waals surface area (Å²) in [5.41, 5.74) is 6.41. The van der Waals surface area contributed by atoms with Crippen LogP contribution in [0.1, 0.15) is 29.5 Å². The van der Waals surface area contributed by atoms with E-state index in [2.05, 4.69) is 65.2 Å². The quantitative estimate of drug-likeness (QED) is 0.675. The van der Waals surface area contributed by atoms with Gasteiger partial charge in [-0.2, -0.15) is 0 Å². The van der Waals surface area contributed by atoms with E-state index < -0.39 is 0 Å². The zero-order valence-electron chi connectivity index (χ0n) is 17.9. The third kappa shape index (κ3) is 4.35. The number of anilines is 2. The van der Waals surface area contributed by atoms with Gasteiger partial charge in [0.1, 0.15) is 12.1 Å². The third-order valence-electron chi connectivity index (χ3n) is 5.84. The van der Waals surface area contributed by atoms with Gasteiger partial charge in [0.05, 0.1) is 5.69 Å². The number of carbonyl (C=O) groups excluding carboxylic acids is 1. The molecule has 1 aliphatic heterocycles. The molecule has 0 aliphatic carbocycles. The minimum absolute atomic E-state index is 0.0248. The molecule has 1 aliphatic rings. The topological polar surface area (TPSA) is 58.1 Å². The van der Waals surface area contributed by atoms with Crippen molar-refractivity contribution < 1.29 is 4.79 Å². The van der Waals surface area contributed by atoms with Crippen molar-refractivity contribution in [2.45, 2.75) is 33.6 Å². The summed E-state index contributed by atoms with van der Waals surface area (Å²) in [5, 5.41) is 3.18. The van der Waals surface area contributed by atoms with Crippen LogP contribution in [-0.4, -0.2) is 29.0 Å². The summed E-state index contributed by atoms with van der Waals surface area (Å²) in [7, 11) is 0. The van der Waals surface area contributed by atoms with Crippen LogP contribution in [0.3, 0.4) is 0 Å². The molecule has 1 amide bonds. The second-order valence-electron chi connectivity index (χ2n) is 8.15. The van der Waals surface area contributed by atoms with Crippen LogP contribution in [0.5, 0.6) is 0 Å². The Bertz CT molecular complexity index is 1020. The molecule has 5 heteroatoms. The smallest absolute Gasteiger partial charge is 0.227 e. The number of carbonyl (C=O) groups is 1. The van der Waals surface area contributed by atoms with E-state index in [-0.39, 0.29) is 11.8 Å². The number of nitrogens with zero attached hydrogens (tertiary/aromatic N) is 3. The van der Waals surface area contributed by atoms with E-state index in [1.165, 1.54) is 5.56 Å². The zero-order chi connectivity index (χ0) is 21.1. The number of rotatable bonds is 4. The van der Waals surface area contributed by atoms with Crippen LogP contribution in [0.2, 0.25) is 0 Å². The Morgan fingerprint density at radius 2 is 1.63 bits per heavy atom. The molecule has 1 N–H and O–H groups in total. The van der Waals surface area contributed by atoms with E-state index in [4.69, 9.17) is 0 Å². The highest BCUT2D eigenvalue weighted by Gasteiger charge is 2.26. The molecule has 2 heterocycles. The van der Waals surface area contributed by atoms with Crippen LogP contribution in [0.25, 0.3) is 11.3 Å². The predicted octanol–water partition coefficient (Wildman–Crippen LogP) is 4.92. The van der Waals surface area contributed by atoms with Gasteiger partial charge in [0, 0.05) is 36.3 Å². The number of amides is 1. The van der Waals surface area contributed by atoms with Crippen molar-refractivity contribution >= 4 is 17.4 Å². The lowest BCUT2D eigenvalue weighted by molar-refractivity contribution is -0.120. The minimum Gasteiger partial charge on any atom is -0.356 e. The highest BCUT2D eigenvalue weighted by Crippen LogP contribution is 2.27. The van der Waals surface area contributed by atoms with Crippen LogP contribution in [0, 0.1) is 26.7 Å². The summed E-state index contributed by atoms with van der Waals surface area (Å²) in [6.07, 6.45) is 3.26. The average molecular weight is 401 g/mol. The van der Waals surface area contributed by atoms with Crippen molar-refractivity contribution in [3.63, 3.8) is 0 Å². The first-order chi connectivity index (χ1) is 14.5. The van der Waals surface area contributed by atoms with Gasteiger partial charge >= 0.3 is 0 Å². The molecular formula is C25H28N4O. The first-order valence-corrected chi connectivity index (χ1v) is 10.5. The summed E-state index contributed by atoms with van der Waals surface area (Å²) >= 11 is 0. The standard InChI is InChI=1S/C25H28N4O/c1-17-13-18(2)24(19(3)14-17)28-25(30)21-9-11-29(12-10-21)23-15-22(26-16-27-23)20-7-5-4-6-8-20/h4-8,13-16,21H,9-12H2,1-3H3,(H,28,30). The fraction of sp³-hybridized carbons (Fsp3) is 0.320. The molecule has 1 aromatic heterocycles. The van der Waals surface area contributed by atoms with E-state index in [9.17, 15) is 4.79 Å². The number of hydrogen-bond acceptors (Lipinski definition) is 4. The number of aryl methyl sites for hydroxylation is 3. The van der Waals surface area contributed by atoms with E-state index in [1.54, 1.807) is 6.33 Å². The largest absolute Gasteiger partial charge is 0.356 e. The lowest BCUT2D eigenvalue weighted by Crippen LogP contribution is -2.38. The molecule has 0 atom stereocenters. The maximum atomic E-state index is 12.9. The Hall–Kier alpha value is -3.21. The molecule has 5 nitrogen and oxygen atoms in total. The third-order valence-corrected chi connectivity index (χ3v) is 5.84. The molecule has 1 fully saturated rings. The average Bonchev–Trinajstić information content (AvgIpc) is 2.77. The molecule has 0 spiro atoms. The van der Waals surface area contributed by atoms with Crippen molar-refractivity contribution in [2.75, 3.05) is 23.3 Å². The SMILES string of the molecule is Cc1cc(C)c(NC(=O)C2CCN(c3cc(-c4ccccc4)ncn3)CC2)c(C)c1. The fourth-order valence-corrected chi connectivity index (χ4v) is 4.26. The van der Waals surface area contributed by atoms with Gasteiger partial charge in [-0.15, -0.1) is 0 Å². The number of piperidine rings is 1. The van der Waals surface area contributed by atoms with E-state index in [0.717, 1.165) is 59.8 Å². The van der Waals surface area contributed by atoms with Crippen LogP contribution in [0.4, 0.5) is 11.5 Å². The lowest BCUT2D eigenvalue weighted by atomic mass is 9.95. The Morgan fingerprint density at radius 1 is 0.967 bits per heavy atom. The van der Waals surface area contributed by atoms with Gasteiger partial charge in [-0.3, -0.25) is 4.79 Å². The summed E-state index contributed by atoms with van der Waals surface area (Å²) in [4.78, 5) is 24.0. The number of hydrogen-bond donors (Lipinski definition) is 1. The number of aromatic nitrogens is 2. The number of benzene rings is 2. The first-order valence-electron chi connectivity index (χ1n) is 10.5. The van der Waals surface area contributed by atoms with Gasteiger partial charge in [0.25, 0.3) is 0 Å². The summed E-state index contributed by atoms with van der Waals surface area (Å²) < 4.78 is 0. The van der Waals surface area contributed by atoms with Crippen LogP contribution < -0.4 is 10.2 Å². The fourth-order valence-electron chi connectivity index (χ4n) is 4.26. The maximum absolute atomic E-state index is 12.9. The molecular weight excluding hydrogens is 372 g/mol. The van der Waals surface area contributed by atoms with Gasteiger partial charge in [-0.25, -0.2) is 9.97 Å². The molecule has 154 valence electrons. The number of nitrogens with one attached hydrogen (secondary N) is 1. The highest BCUT2D eigenvalue weighted by atomic mass is 16.1. The zero-order valence-corrected chi connectivity index (χ0v) is 17.9. The monoisotopic (exact) mass is 400 g/mol. The van der Waals surface area contributed by atoms with Gasteiger partial charge in [-0.05, 0) is 44.7 Å². The molecule has 0 radical (unpaired) electrons. The Balaban J connectivity index is 1.40. The Labute approximate surface area is 178 Å². The van der Waals surface area contributed by atoms with Gasteiger partial charge in [0.2, 0.25) is 5.91 Å². The van der Waals surface area contributed by atoms with Crippen molar-refractivity contribution in [3.05, 3.63) is 71.5 Å². The van der Waals surface area contributed by atoms with Gasteiger partial charge in [-0.1, -0.05) is 48.0 Å². The minimum atomic E-state index is 0.0248. The second-order valence-corrected chi connectivity index (χ2v) is 8.15. The Kier molecular flexibility index (Phi) is 5.79. The van der Waals surface area contributed by atoms with E-state index >= 15 is 0 Å². The first kappa shape index (κ1) is 20.1. The lowest BCUT2D eigenvalue weighted by Gasteiger charge is -2.32. The van der Waals surface area contributed by atoms with Gasteiger partial charge in [0.15, 0.2) is 0 Å².